The summed E-state index contributed by atoms with van der Waals surface area (Å²) in [6, 6.07) is 3.69. The maximum Gasteiger partial charge on any atom is 0.255 e. The molecule has 0 aliphatic carbocycles. The van der Waals surface area contributed by atoms with E-state index in [1.165, 1.54) is 0 Å². The monoisotopic (exact) mass is 273 g/mol. The molecule has 2 N–H and O–H groups in total. The van der Waals surface area contributed by atoms with Crippen LogP contribution in [-0.2, 0) is 13.6 Å². The number of hydrogen-bond donors (Lipinski definition) is 2. The van der Waals surface area contributed by atoms with Crippen molar-refractivity contribution in [1.29, 1.82) is 0 Å². The number of pyridine rings is 1. The van der Waals surface area contributed by atoms with Crippen molar-refractivity contribution < 1.29 is 4.79 Å². The summed E-state index contributed by atoms with van der Waals surface area (Å²) in [6.45, 7) is 3.35. The van der Waals surface area contributed by atoms with Crippen molar-refractivity contribution >= 4 is 11.6 Å². The summed E-state index contributed by atoms with van der Waals surface area (Å²) in [5.74, 6) is -0.141. The number of carbonyl (C=O) groups is 1. The maximum absolute atomic E-state index is 12.2. The molecule has 0 radical (unpaired) electrons. The van der Waals surface area contributed by atoms with Gasteiger partial charge in [0.15, 0.2) is 0 Å². The number of rotatable bonds is 6. The minimum Gasteiger partial charge on any atom is -0.384 e. The van der Waals surface area contributed by atoms with Crippen molar-refractivity contribution in [3.05, 3.63) is 42.0 Å². The van der Waals surface area contributed by atoms with Gasteiger partial charge in [-0.15, -0.1) is 0 Å². The minimum absolute atomic E-state index is 0.141. The molecule has 2 aromatic heterocycles. The van der Waals surface area contributed by atoms with Gasteiger partial charge in [0.05, 0.1) is 23.5 Å². The molecule has 0 fully saturated rings. The van der Waals surface area contributed by atoms with Gasteiger partial charge < -0.3 is 10.6 Å². The number of amides is 1. The molecule has 2 rings (SSSR count). The van der Waals surface area contributed by atoms with E-state index in [9.17, 15) is 4.79 Å². The number of aromatic nitrogens is 3. The second-order valence-electron chi connectivity index (χ2n) is 4.48. The van der Waals surface area contributed by atoms with Crippen LogP contribution in [-0.4, -0.2) is 27.2 Å². The molecule has 2 heterocycles. The fourth-order valence-corrected chi connectivity index (χ4v) is 1.83. The van der Waals surface area contributed by atoms with E-state index in [1.807, 2.05) is 19.2 Å². The number of nitrogens with zero attached hydrogens (tertiary/aromatic N) is 3. The van der Waals surface area contributed by atoms with E-state index in [0.29, 0.717) is 12.1 Å². The van der Waals surface area contributed by atoms with Gasteiger partial charge in [0, 0.05) is 32.2 Å². The second kappa shape index (κ2) is 6.70. The van der Waals surface area contributed by atoms with Crippen LogP contribution >= 0.6 is 0 Å². The lowest BCUT2D eigenvalue weighted by Gasteiger charge is -2.11. The molecule has 1 amide bonds. The summed E-state index contributed by atoms with van der Waals surface area (Å²) in [4.78, 5) is 16.2. The SMILES string of the molecule is CCCNc1ccncc1C(=O)NCc1ccnn1C. The molecule has 0 aliphatic heterocycles. The zero-order valence-electron chi connectivity index (χ0n) is 11.8. The van der Waals surface area contributed by atoms with Gasteiger partial charge in [0.1, 0.15) is 0 Å². The normalized spacial score (nSPS) is 10.3. The Bertz CT molecular complexity index is 578. The molecule has 6 nitrogen and oxygen atoms in total. The number of nitrogens with one attached hydrogen (secondary N) is 2. The molecule has 0 saturated carbocycles. The Hall–Kier alpha value is -2.37. The van der Waals surface area contributed by atoms with Crippen LogP contribution in [0.5, 0.6) is 0 Å². The minimum atomic E-state index is -0.141. The predicted octanol–water partition coefficient (Wildman–Crippen LogP) is 1.57. The van der Waals surface area contributed by atoms with E-state index < -0.39 is 0 Å². The van der Waals surface area contributed by atoms with Gasteiger partial charge in [-0.05, 0) is 18.6 Å². The first-order chi connectivity index (χ1) is 9.72. The number of anilines is 1. The molecule has 0 spiro atoms. The van der Waals surface area contributed by atoms with Crippen molar-refractivity contribution in [3.63, 3.8) is 0 Å². The van der Waals surface area contributed by atoms with Gasteiger partial charge in [0.2, 0.25) is 0 Å². The lowest BCUT2D eigenvalue weighted by atomic mass is 10.2. The van der Waals surface area contributed by atoms with Crippen LogP contribution in [0.1, 0.15) is 29.4 Å². The fourth-order valence-electron chi connectivity index (χ4n) is 1.83. The average molecular weight is 273 g/mol. The first-order valence-electron chi connectivity index (χ1n) is 6.65. The highest BCUT2D eigenvalue weighted by Crippen LogP contribution is 2.13. The quantitative estimate of drug-likeness (QED) is 0.838. The van der Waals surface area contributed by atoms with Gasteiger partial charge in [0.25, 0.3) is 5.91 Å². The molecule has 20 heavy (non-hydrogen) atoms. The van der Waals surface area contributed by atoms with Gasteiger partial charge in [-0.25, -0.2) is 0 Å². The molecule has 0 atom stereocenters. The Morgan fingerprint density at radius 1 is 1.35 bits per heavy atom. The summed E-state index contributed by atoms with van der Waals surface area (Å²) in [5, 5.41) is 10.2. The predicted molar refractivity (Wildman–Crippen MR) is 77.4 cm³/mol. The van der Waals surface area contributed by atoms with Crippen molar-refractivity contribution in [2.24, 2.45) is 7.05 Å². The Balaban J connectivity index is 2.03. The summed E-state index contributed by atoms with van der Waals surface area (Å²) in [5.41, 5.74) is 2.32. The van der Waals surface area contributed by atoms with E-state index in [4.69, 9.17) is 0 Å². The van der Waals surface area contributed by atoms with Gasteiger partial charge in [-0.1, -0.05) is 6.92 Å². The molecule has 0 unspecified atom stereocenters. The van der Waals surface area contributed by atoms with Crippen LogP contribution in [0, 0.1) is 0 Å². The number of aryl methyl sites for hydroxylation is 1. The molecular formula is C14H19N5O. The van der Waals surface area contributed by atoms with E-state index in [1.54, 1.807) is 23.3 Å². The highest BCUT2D eigenvalue weighted by atomic mass is 16.1. The molecule has 0 aliphatic rings. The fraction of sp³-hybridized carbons (Fsp3) is 0.357. The summed E-state index contributed by atoms with van der Waals surface area (Å²) >= 11 is 0. The topological polar surface area (TPSA) is 71.8 Å². The standard InChI is InChI=1S/C14H19N5O/c1-3-6-16-13-5-7-15-10-12(13)14(20)17-9-11-4-8-18-19(11)2/h4-5,7-8,10H,3,6,9H2,1-2H3,(H,15,16)(H,17,20). The lowest BCUT2D eigenvalue weighted by molar-refractivity contribution is 0.0950. The smallest absolute Gasteiger partial charge is 0.255 e. The Morgan fingerprint density at radius 2 is 2.20 bits per heavy atom. The largest absolute Gasteiger partial charge is 0.384 e. The van der Waals surface area contributed by atoms with Crippen molar-refractivity contribution in [2.45, 2.75) is 19.9 Å². The molecule has 0 aromatic carbocycles. The number of hydrogen-bond acceptors (Lipinski definition) is 4. The third-order valence-electron chi connectivity index (χ3n) is 2.98. The molecule has 0 bridgehead atoms. The first-order valence-corrected chi connectivity index (χ1v) is 6.65. The molecule has 106 valence electrons. The third-order valence-corrected chi connectivity index (χ3v) is 2.98. The van der Waals surface area contributed by atoms with E-state index in [0.717, 1.165) is 24.3 Å². The van der Waals surface area contributed by atoms with Crippen molar-refractivity contribution in [2.75, 3.05) is 11.9 Å². The lowest BCUT2D eigenvalue weighted by Crippen LogP contribution is -2.25. The summed E-state index contributed by atoms with van der Waals surface area (Å²) in [6.07, 6.45) is 5.96. The van der Waals surface area contributed by atoms with E-state index in [-0.39, 0.29) is 5.91 Å². The average Bonchev–Trinajstić information content (AvgIpc) is 2.88. The van der Waals surface area contributed by atoms with Gasteiger partial charge in [-0.2, -0.15) is 5.10 Å². The van der Waals surface area contributed by atoms with Crippen LogP contribution < -0.4 is 10.6 Å². The zero-order valence-corrected chi connectivity index (χ0v) is 11.8. The van der Waals surface area contributed by atoms with Crippen molar-refractivity contribution in [3.8, 4) is 0 Å². The van der Waals surface area contributed by atoms with Crippen LogP contribution in [0.15, 0.2) is 30.7 Å². The van der Waals surface area contributed by atoms with Crippen LogP contribution in [0.25, 0.3) is 0 Å². The Labute approximate surface area is 118 Å². The van der Waals surface area contributed by atoms with Gasteiger partial charge >= 0.3 is 0 Å². The Morgan fingerprint density at radius 3 is 2.90 bits per heavy atom. The summed E-state index contributed by atoms with van der Waals surface area (Å²) in [7, 11) is 1.85. The van der Waals surface area contributed by atoms with E-state index in [2.05, 4.69) is 27.6 Å². The van der Waals surface area contributed by atoms with Gasteiger partial charge in [-0.3, -0.25) is 14.5 Å². The second-order valence-corrected chi connectivity index (χ2v) is 4.48. The van der Waals surface area contributed by atoms with Crippen LogP contribution in [0.2, 0.25) is 0 Å². The summed E-state index contributed by atoms with van der Waals surface area (Å²) < 4.78 is 1.74. The highest BCUT2D eigenvalue weighted by molar-refractivity contribution is 5.99. The first kappa shape index (κ1) is 14.0. The molecular weight excluding hydrogens is 254 g/mol. The molecule has 0 saturated heterocycles. The Kier molecular flexibility index (Phi) is 4.70. The van der Waals surface area contributed by atoms with E-state index >= 15 is 0 Å². The van der Waals surface area contributed by atoms with Crippen molar-refractivity contribution in [1.82, 2.24) is 20.1 Å². The zero-order chi connectivity index (χ0) is 14.4. The maximum atomic E-state index is 12.2. The van der Waals surface area contributed by atoms with Crippen LogP contribution in [0.4, 0.5) is 5.69 Å². The molecule has 6 heteroatoms. The highest BCUT2D eigenvalue weighted by Gasteiger charge is 2.11. The third kappa shape index (κ3) is 3.34. The van der Waals surface area contributed by atoms with Crippen LogP contribution in [0.3, 0.4) is 0 Å². The number of carbonyl (C=O) groups excluding carboxylic acids is 1. The molecule has 2 aromatic rings.